The van der Waals surface area contributed by atoms with Crippen molar-refractivity contribution in [1.29, 1.82) is 0 Å². The smallest absolute Gasteiger partial charge is 0.0449 e. The molecule has 1 saturated heterocycles. The summed E-state index contributed by atoms with van der Waals surface area (Å²) >= 11 is 13.8. The van der Waals surface area contributed by atoms with Crippen LogP contribution in [0, 0.1) is 0 Å². The minimum atomic E-state index is 0.251. The fourth-order valence-electron chi connectivity index (χ4n) is 2.24. The maximum absolute atomic E-state index is 6.31. The van der Waals surface area contributed by atoms with E-state index in [1.165, 1.54) is 0 Å². The number of nitrogens with two attached hydrogens (primary N) is 1. The van der Waals surface area contributed by atoms with Gasteiger partial charge in [-0.2, -0.15) is 23.5 Å². The van der Waals surface area contributed by atoms with E-state index in [4.69, 9.17) is 17.4 Å². The van der Waals surface area contributed by atoms with Gasteiger partial charge in [0.15, 0.2) is 0 Å². The monoisotopic (exact) mass is 394 g/mol. The van der Waals surface area contributed by atoms with Gasteiger partial charge >= 0.3 is 0 Å². The summed E-state index contributed by atoms with van der Waals surface area (Å²) in [6, 6.07) is 6.30. The SMILES string of the molecule is CC1SCC(C(Cc2ccc(Br)cc2Cl)NN)SC1C. The fraction of sp³-hybridized carbons (Fsp3) is 0.571. The molecule has 1 aliphatic heterocycles. The van der Waals surface area contributed by atoms with Crippen LogP contribution in [0.1, 0.15) is 19.4 Å². The Morgan fingerprint density at radius 1 is 1.45 bits per heavy atom. The summed E-state index contributed by atoms with van der Waals surface area (Å²) in [5, 5.41) is 2.70. The van der Waals surface area contributed by atoms with Crippen molar-refractivity contribution in [1.82, 2.24) is 5.43 Å². The summed E-state index contributed by atoms with van der Waals surface area (Å²) in [6.07, 6.45) is 0.863. The quantitative estimate of drug-likeness (QED) is 0.594. The topological polar surface area (TPSA) is 38.0 Å². The lowest BCUT2D eigenvalue weighted by molar-refractivity contribution is 0.521. The van der Waals surface area contributed by atoms with E-state index in [1.807, 2.05) is 35.7 Å². The van der Waals surface area contributed by atoms with Crippen molar-refractivity contribution in [2.45, 2.75) is 42.1 Å². The van der Waals surface area contributed by atoms with Crippen LogP contribution in [-0.4, -0.2) is 27.5 Å². The normalized spacial score (nSPS) is 28.4. The molecule has 1 fully saturated rings. The number of hydrogen-bond acceptors (Lipinski definition) is 4. The van der Waals surface area contributed by atoms with Crippen molar-refractivity contribution in [3.63, 3.8) is 0 Å². The van der Waals surface area contributed by atoms with Gasteiger partial charge in [0.25, 0.3) is 0 Å². The maximum Gasteiger partial charge on any atom is 0.0449 e. The predicted octanol–water partition coefficient (Wildman–Crippen LogP) is 4.10. The molecule has 0 aliphatic carbocycles. The van der Waals surface area contributed by atoms with Gasteiger partial charge in [0, 0.05) is 37.0 Å². The molecule has 1 aromatic carbocycles. The average Bonchev–Trinajstić information content (AvgIpc) is 2.41. The van der Waals surface area contributed by atoms with E-state index >= 15 is 0 Å². The molecule has 2 nitrogen and oxygen atoms in total. The van der Waals surface area contributed by atoms with E-state index in [0.717, 1.165) is 27.2 Å². The molecule has 4 unspecified atom stereocenters. The summed E-state index contributed by atoms with van der Waals surface area (Å²) in [5.41, 5.74) is 4.14. The van der Waals surface area contributed by atoms with Crippen LogP contribution >= 0.6 is 51.1 Å². The van der Waals surface area contributed by atoms with Crippen LogP contribution in [0.2, 0.25) is 5.02 Å². The molecular formula is C14H20BrClN2S2. The molecule has 0 amide bonds. The van der Waals surface area contributed by atoms with Crippen LogP contribution in [0.4, 0.5) is 0 Å². The Labute approximate surface area is 143 Å². The van der Waals surface area contributed by atoms with E-state index in [1.54, 1.807) is 0 Å². The summed E-state index contributed by atoms with van der Waals surface area (Å²) in [4.78, 5) is 0. The molecule has 3 N–H and O–H groups in total. The van der Waals surface area contributed by atoms with Crippen LogP contribution in [0.15, 0.2) is 22.7 Å². The number of halogens is 2. The predicted molar refractivity (Wildman–Crippen MR) is 96.7 cm³/mol. The molecule has 0 radical (unpaired) electrons. The highest BCUT2D eigenvalue weighted by Crippen LogP contribution is 2.38. The van der Waals surface area contributed by atoms with E-state index < -0.39 is 0 Å². The molecule has 0 bridgehead atoms. The number of hydrogen-bond donors (Lipinski definition) is 2. The minimum absolute atomic E-state index is 0.251. The highest BCUT2D eigenvalue weighted by molar-refractivity contribution is 9.10. The zero-order chi connectivity index (χ0) is 14.7. The van der Waals surface area contributed by atoms with Crippen molar-refractivity contribution in [2.75, 3.05) is 5.75 Å². The largest absolute Gasteiger partial charge is 0.271 e. The number of nitrogens with one attached hydrogen (secondary N) is 1. The molecule has 4 atom stereocenters. The van der Waals surface area contributed by atoms with Crippen molar-refractivity contribution in [2.24, 2.45) is 5.84 Å². The van der Waals surface area contributed by atoms with Gasteiger partial charge in [0.05, 0.1) is 0 Å². The third kappa shape index (κ3) is 4.31. The Bertz CT molecular complexity index is 461. The van der Waals surface area contributed by atoms with Crippen LogP contribution in [0.3, 0.4) is 0 Å². The second-order valence-electron chi connectivity index (χ2n) is 5.13. The van der Waals surface area contributed by atoms with E-state index in [-0.39, 0.29) is 6.04 Å². The Kier molecular flexibility index (Phi) is 6.57. The summed E-state index contributed by atoms with van der Waals surface area (Å²) in [6.45, 7) is 4.60. The van der Waals surface area contributed by atoms with Gasteiger partial charge in [-0.15, -0.1) is 0 Å². The Hall–Kier alpha value is 0.610. The Balaban J connectivity index is 2.05. The van der Waals surface area contributed by atoms with Crippen LogP contribution < -0.4 is 11.3 Å². The van der Waals surface area contributed by atoms with Gasteiger partial charge in [-0.25, -0.2) is 0 Å². The summed E-state index contributed by atoms with van der Waals surface area (Å²) in [5.74, 6) is 6.92. The zero-order valence-electron chi connectivity index (χ0n) is 11.6. The van der Waals surface area contributed by atoms with E-state index in [2.05, 4.69) is 41.3 Å². The van der Waals surface area contributed by atoms with Crippen LogP contribution in [0.25, 0.3) is 0 Å². The Morgan fingerprint density at radius 2 is 2.20 bits per heavy atom. The van der Waals surface area contributed by atoms with Crippen molar-refractivity contribution < 1.29 is 0 Å². The highest BCUT2D eigenvalue weighted by Gasteiger charge is 2.31. The lowest BCUT2D eigenvalue weighted by Gasteiger charge is -2.35. The molecule has 0 saturated carbocycles. The third-order valence-corrected chi connectivity index (χ3v) is 8.09. The van der Waals surface area contributed by atoms with Gasteiger partial charge in [-0.1, -0.05) is 47.4 Å². The molecular weight excluding hydrogens is 376 g/mol. The van der Waals surface area contributed by atoms with Crippen molar-refractivity contribution >= 4 is 51.1 Å². The first-order chi connectivity index (χ1) is 9.51. The first-order valence-corrected chi connectivity index (χ1v) is 9.84. The maximum atomic E-state index is 6.31. The first kappa shape index (κ1) is 17.0. The zero-order valence-corrected chi connectivity index (χ0v) is 15.6. The minimum Gasteiger partial charge on any atom is -0.271 e. The second-order valence-corrected chi connectivity index (χ2v) is 9.49. The number of hydrazine groups is 1. The van der Waals surface area contributed by atoms with Crippen molar-refractivity contribution in [3.05, 3.63) is 33.3 Å². The first-order valence-electron chi connectivity index (χ1n) is 6.68. The molecule has 6 heteroatoms. The van der Waals surface area contributed by atoms with Crippen molar-refractivity contribution in [3.8, 4) is 0 Å². The molecule has 1 aromatic rings. The number of thioether (sulfide) groups is 2. The number of benzene rings is 1. The lowest BCUT2D eigenvalue weighted by Crippen LogP contribution is -2.47. The Morgan fingerprint density at radius 3 is 2.80 bits per heavy atom. The van der Waals surface area contributed by atoms with E-state index in [0.29, 0.717) is 15.7 Å². The third-order valence-electron chi connectivity index (χ3n) is 3.69. The second kappa shape index (κ2) is 7.75. The fourth-order valence-corrected chi connectivity index (χ4v) is 6.10. The summed E-state index contributed by atoms with van der Waals surface area (Å²) in [7, 11) is 0. The average molecular weight is 396 g/mol. The molecule has 1 aliphatic rings. The van der Waals surface area contributed by atoms with Crippen LogP contribution in [-0.2, 0) is 6.42 Å². The van der Waals surface area contributed by atoms with Gasteiger partial charge in [-0.3, -0.25) is 11.3 Å². The van der Waals surface area contributed by atoms with Gasteiger partial charge in [0.2, 0.25) is 0 Å². The molecule has 112 valence electrons. The van der Waals surface area contributed by atoms with Gasteiger partial charge in [0.1, 0.15) is 0 Å². The molecule has 2 rings (SSSR count). The molecule has 0 aromatic heterocycles. The van der Waals surface area contributed by atoms with Crippen LogP contribution in [0.5, 0.6) is 0 Å². The lowest BCUT2D eigenvalue weighted by atomic mass is 10.0. The summed E-state index contributed by atoms with van der Waals surface area (Å²) < 4.78 is 1.01. The number of rotatable bonds is 4. The molecule has 0 spiro atoms. The standard InChI is InChI=1S/C14H20BrClN2S2/c1-8-9(2)20-14(7-19-8)13(18-17)5-10-3-4-11(15)6-12(10)16/h3-4,6,8-9,13-14,18H,5,7,17H2,1-2H3. The van der Waals surface area contributed by atoms with Gasteiger partial charge < -0.3 is 0 Å². The molecule has 20 heavy (non-hydrogen) atoms. The highest BCUT2D eigenvalue weighted by atomic mass is 79.9. The van der Waals surface area contributed by atoms with E-state index in [9.17, 15) is 0 Å². The molecule has 1 heterocycles. The van der Waals surface area contributed by atoms with Gasteiger partial charge in [-0.05, 0) is 24.1 Å².